The molecule has 126 valence electrons. The van der Waals surface area contributed by atoms with Crippen LogP contribution < -0.4 is 5.06 Å². The molecule has 2 fully saturated rings. The van der Waals surface area contributed by atoms with Gasteiger partial charge in [-0.2, -0.15) is 11.8 Å². The van der Waals surface area contributed by atoms with Crippen LogP contribution in [0.3, 0.4) is 0 Å². The van der Waals surface area contributed by atoms with Gasteiger partial charge in [-0.25, -0.2) is 5.06 Å². The number of para-hydroxylation sites is 1. The molecule has 0 radical (unpaired) electrons. The number of hydroxylamine groups is 1. The Hall–Kier alpha value is -0.870. The van der Waals surface area contributed by atoms with Crippen molar-refractivity contribution in [1.82, 2.24) is 0 Å². The number of hydrogen-bond acceptors (Lipinski definition) is 3. The largest absolute Gasteiger partial charge is 0.266 e. The van der Waals surface area contributed by atoms with Crippen molar-refractivity contribution < 1.29 is 4.84 Å². The van der Waals surface area contributed by atoms with Crippen molar-refractivity contribution in [1.29, 1.82) is 0 Å². The lowest BCUT2D eigenvalue weighted by molar-refractivity contribution is -0.0193. The van der Waals surface area contributed by atoms with Crippen LogP contribution in [0.25, 0.3) is 0 Å². The normalized spacial score (nSPS) is 22.9. The summed E-state index contributed by atoms with van der Waals surface area (Å²) in [6, 6.07) is 16.2. The lowest BCUT2D eigenvalue weighted by Crippen LogP contribution is -2.34. The Balaban J connectivity index is 1.73. The molecule has 0 aromatic heterocycles. The molecule has 1 unspecified atom stereocenters. The third-order valence-electron chi connectivity index (χ3n) is 4.88. The fourth-order valence-corrected chi connectivity index (χ4v) is 5.37. The van der Waals surface area contributed by atoms with Gasteiger partial charge in [0.1, 0.15) is 5.60 Å². The van der Waals surface area contributed by atoms with Crippen molar-refractivity contribution in [2.24, 2.45) is 0 Å². The Bertz CT molecular complexity index is 719. The first-order valence-electron chi connectivity index (χ1n) is 8.23. The first kappa shape index (κ1) is 16.6. The predicted octanol–water partition coefficient (Wildman–Crippen LogP) is 6.14. The Labute approximate surface area is 157 Å². The van der Waals surface area contributed by atoms with Crippen LogP contribution >= 0.6 is 35.0 Å². The molecular formula is C19H19Cl2NOS. The SMILES string of the molecule is Clc1ccc(C2CC3(CCSCC3)ON2c2ccccc2)c(Cl)c1. The summed E-state index contributed by atoms with van der Waals surface area (Å²) in [6.07, 6.45) is 3.13. The summed E-state index contributed by atoms with van der Waals surface area (Å²) in [4.78, 5) is 6.56. The predicted molar refractivity (Wildman–Crippen MR) is 103 cm³/mol. The Morgan fingerprint density at radius 1 is 1.04 bits per heavy atom. The minimum atomic E-state index is -0.0747. The number of benzene rings is 2. The lowest BCUT2D eigenvalue weighted by Gasteiger charge is -2.32. The van der Waals surface area contributed by atoms with Gasteiger partial charge in [-0.15, -0.1) is 0 Å². The van der Waals surface area contributed by atoms with Crippen molar-refractivity contribution in [2.45, 2.75) is 30.9 Å². The summed E-state index contributed by atoms with van der Waals surface area (Å²) in [7, 11) is 0. The first-order valence-corrected chi connectivity index (χ1v) is 10.1. The van der Waals surface area contributed by atoms with Crippen molar-refractivity contribution in [3.8, 4) is 0 Å². The first-order chi connectivity index (χ1) is 11.7. The number of nitrogens with zero attached hydrogens (tertiary/aromatic N) is 1. The lowest BCUT2D eigenvalue weighted by atomic mass is 9.88. The summed E-state index contributed by atoms with van der Waals surface area (Å²) in [5.74, 6) is 2.31. The summed E-state index contributed by atoms with van der Waals surface area (Å²) in [6.45, 7) is 0. The third-order valence-corrected chi connectivity index (χ3v) is 6.42. The number of halogens is 2. The minimum absolute atomic E-state index is 0.0747. The Morgan fingerprint density at radius 3 is 2.50 bits per heavy atom. The Morgan fingerprint density at radius 2 is 1.79 bits per heavy atom. The molecule has 4 rings (SSSR count). The topological polar surface area (TPSA) is 12.5 Å². The minimum Gasteiger partial charge on any atom is -0.266 e. The van der Waals surface area contributed by atoms with E-state index in [1.807, 2.05) is 48.2 Å². The van der Waals surface area contributed by atoms with E-state index in [9.17, 15) is 0 Å². The van der Waals surface area contributed by atoms with Crippen LogP contribution in [0.2, 0.25) is 10.0 Å². The van der Waals surface area contributed by atoms with Gasteiger partial charge in [0.2, 0.25) is 0 Å². The van der Waals surface area contributed by atoms with Crippen LogP contribution in [0, 0.1) is 0 Å². The van der Waals surface area contributed by atoms with E-state index < -0.39 is 0 Å². The van der Waals surface area contributed by atoms with Crippen molar-refractivity contribution in [3.63, 3.8) is 0 Å². The number of hydrogen-bond donors (Lipinski definition) is 0. The summed E-state index contributed by atoms with van der Waals surface area (Å²) >= 11 is 14.6. The molecule has 0 amide bonds. The molecule has 5 heteroatoms. The van der Waals surface area contributed by atoms with Gasteiger partial charge < -0.3 is 0 Å². The average molecular weight is 380 g/mol. The zero-order valence-electron chi connectivity index (χ0n) is 13.3. The summed E-state index contributed by atoms with van der Waals surface area (Å²) in [5.41, 5.74) is 2.08. The number of rotatable bonds is 2. The van der Waals surface area contributed by atoms with E-state index in [4.69, 9.17) is 28.0 Å². The molecule has 1 atom stereocenters. The van der Waals surface area contributed by atoms with Gasteiger partial charge in [-0.05, 0) is 54.2 Å². The van der Waals surface area contributed by atoms with E-state index in [2.05, 4.69) is 17.2 Å². The van der Waals surface area contributed by atoms with Crippen LogP contribution in [-0.4, -0.2) is 17.1 Å². The van der Waals surface area contributed by atoms with E-state index in [-0.39, 0.29) is 11.6 Å². The van der Waals surface area contributed by atoms with Crippen molar-refractivity contribution in [3.05, 3.63) is 64.1 Å². The van der Waals surface area contributed by atoms with Gasteiger partial charge in [0, 0.05) is 16.5 Å². The second-order valence-corrected chi connectivity index (χ2v) is 8.50. The molecule has 1 spiro atoms. The van der Waals surface area contributed by atoms with Crippen LogP contribution in [-0.2, 0) is 4.84 Å². The monoisotopic (exact) mass is 379 g/mol. The van der Waals surface area contributed by atoms with Crippen molar-refractivity contribution in [2.75, 3.05) is 16.6 Å². The average Bonchev–Trinajstić information content (AvgIpc) is 2.95. The maximum atomic E-state index is 6.56. The van der Waals surface area contributed by atoms with Gasteiger partial charge in [0.25, 0.3) is 0 Å². The molecule has 2 nitrogen and oxygen atoms in total. The molecular weight excluding hydrogens is 361 g/mol. The second kappa shape index (κ2) is 6.80. The molecule has 2 aliphatic rings. The van der Waals surface area contributed by atoms with E-state index in [1.54, 1.807) is 0 Å². The molecule has 2 heterocycles. The molecule has 24 heavy (non-hydrogen) atoms. The van der Waals surface area contributed by atoms with Gasteiger partial charge in [0.15, 0.2) is 0 Å². The molecule has 2 aromatic carbocycles. The third kappa shape index (κ3) is 3.15. The van der Waals surface area contributed by atoms with E-state index in [1.165, 1.54) is 0 Å². The summed E-state index contributed by atoms with van der Waals surface area (Å²) < 4.78 is 0. The van der Waals surface area contributed by atoms with E-state index in [0.29, 0.717) is 10.0 Å². The standard InChI is InChI=1S/C19H19Cl2NOS/c20-14-6-7-16(17(21)12-14)18-13-19(8-10-24-11-9-19)23-22(18)15-4-2-1-3-5-15/h1-7,12,18H,8-11,13H2. The van der Waals surface area contributed by atoms with Crippen LogP contribution in [0.1, 0.15) is 30.9 Å². The number of thioether (sulfide) groups is 1. The zero-order chi connectivity index (χ0) is 16.6. The molecule has 0 saturated carbocycles. The summed E-state index contributed by atoms with van der Waals surface area (Å²) in [5, 5.41) is 3.43. The zero-order valence-corrected chi connectivity index (χ0v) is 15.6. The van der Waals surface area contributed by atoms with Crippen LogP contribution in [0.5, 0.6) is 0 Å². The van der Waals surface area contributed by atoms with Crippen LogP contribution in [0.4, 0.5) is 5.69 Å². The maximum absolute atomic E-state index is 6.56. The molecule has 2 saturated heterocycles. The second-order valence-electron chi connectivity index (χ2n) is 6.43. The quantitative estimate of drug-likeness (QED) is 0.621. The molecule has 0 N–H and O–H groups in total. The van der Waals surface area contributed by atoms with Crippen molar-refractivity contribution >= 4 is 40.7 Å². The number of anilines is 1. The van der Waals surface area contributed by atoms with E-state index in [0.717, 1.165) is 42.0 Å². The Kier molecular flexibility index (Phi) is 4.70. The molecule has 2 aliphatic heterocycles. The molecule has 2 aromatic rings. The highest BCUT2D eigenvalue weighted by atomic mass is 35.5. The van der Waals surface area contributed by atoms with E-state index >= 15 is 0 Å². The van der Waals surface area contributed by atoms with Gasteiger partial charge in [0.05, 0.1) is 11.7 Å². The smallest absolute Gasteiger partial charge is 0.100 e. The van der Waals surface area contributed by atoms with Gasteiger partial charge in [-0.1, -0.05) is 47.5 Å². The fraction of sp³-hybridized carbons (Fsp3) is 0.368. The molecule has 0 bridgehead atoms. The fourth-order valence-electron chi connectivity index (χ4n) is 3.60. The highest BCUT2D eigenvalue weighted by molar-refractivity contribution is 7.99. The van der Waals surface area contributed by atoms with Crippen LogP contribution in [0.15, 0.2) is 48.5 Å². The van der Waals surface area contributed by atoms with Gasteiger partial charge in [-0.3, -0.25) is 4.84 Å². The highest BCUT2D eigenvalue weighted by Crippen LogP contribution is 2.49. The molecule has 0 aliphatic carbocycles. The van der Waals surface area contributed by atoms with Gasteiger partial charge >= 0.3 is 0 Å². The highest BCUT2D eigenvalue weighted by Gasteiger charge is 2.47. The maximum Gasteiger partial charge on any atom is 0.100 e.